The predicted octanol–water partition coefficient (Wildman–Crippen LogP) is 2.14. The maximum absolute atomic E-state index is 12.5. The third-order valence-corrected chi connectivity index (χ3v) is 5.91. The van der Waals surface area contributed by atoms with Crippen molar-refractivity contribution in [2.45, 2.75) is 25.3 Å². The van der Waals surface area contributed by atoms with Gasteiger partial charge in [0.1, 0.15) is 17.1 Å². The van der Waals surface area contributed by atoms with Gasteiger partial charge in [-0.2, -0.15) is 5.26 Å². The molecule has 1 aromatic heterocycles. The second-order valence-electron chi connectivity index (χ2n) is 6.86. The van der Waals surface area contributed by atoms with Gasteiger partial charge in [-0.25, -0.2) is 0 Å². The summed E-state index contributed by atoms with van der Waals surface area (Å²) in [5, 5.41) is 14.4. The van der Waals surface area contributed by atoms with Crippen molar-refractivity contribution in [3.8, 4) is 17.6 Å². The van der Waals surface area contributed by atoms with Gasteiger partial charge in [0.15, 0.2) is 18.0 Å². The van der Waals surface area contributed by atoms with Crippen LogP contribution in [0.4, 0.5) is 5.00 Å². The Kier molecular flexibility index (Phi) is 5.28. The molecule has 1 unspecified atom stereocenters. The fourth-order valence-electron chi connectivity index (χ4n) is 3.79. The molecule has 1 fully saturated rings. The first kappa shape index (κ1) is 17.8. The van der Waals surface area contributed by atoms with Gasteiger partial charge in [-0.1, -0.05) is 0 Å². The largest absolute Gasteiger partial charge is 0.490 e. The van der Waals surface area contributed by atoms with E-state index in [0.29, 0.717) is 30.3 Å². The van der Waals surface area contributed by atoms with Crippen molar-refractivity contribution >= 4 is 22.2 Å². The van der Waals surface area contributed by atoms with E-state index >= 15 is 0 Å². The highest BCUT2D eigenvalue weighted by Crippen LogP contribution is 2.33. The molecule has 2 aliphatic heterocycles. The molecule has 0 radical (unpaired) electrons. The van der Waals surface area contributed by atoms with E-state index in [-0.39, 0.29) is 11.9 Å². The number of quaternary nitrogens is 1. The van der Waals surface area contributed by atoms with Crippen LogP contribution in [0.3, 0.4) is 0 Å². The van der Waals surface area contributed by atoms with E-state index in [2.05, 4.69) is 23.5 Å². The van der Waals surface area contributed by atoms with E-state index in [9.17, 15) is 4.79 Å². The molecule has 140 valence electrons. The number of nitrogens with one attached hydrogen (secondary N) is 2. The zero-order valence-electron chi connectivity index (χ0n) is 15.0. The summed E-state index contributed by atoms with van der Waals surface area (Å²) in [5.41, 5.74) is 1.71. The molecule has 2 atom stereocenters. The number of thiophene rings is 1. The van der Waals surface area contributed by atoms with Gasteiger partial charge >= 0.3 is 0 Å². The number of nitrogens with zero attached hydrogens (tertiary/aromatic N) is 1. The standard InChI is InChI=1S/C20H21N3O3S/c21-12-15-6-10-27-20(15)22-19(24)13-23-7-1-3-16(23)14-4-5-17-18(11-14)26-9-2-8-25-17/h4-6,10-11,16H,1-3,7-9,13H2,(H,22,24)/p+1/t16-/m1/s1. The summed E-state index contributed by atoms with van der Waals surface area (Å²) >= 11 is 1.38. The molecule has 1 aromatic carbocycles. The molecule has 1 saturated heterocycles. The zero-order valence-corrected chi connectivity index (χ0v) is 15.8. The second-order valence-corrected chi connectivity index (χ2v) is 7.78. The first-order valence-corrected chi connectivity index (χ1v) is 10.1. The fraction of sp³-hybridized carbons (Fsp3) is 0.400. The maximum atomic E-state index is 12.5. The van der Waals surface area contributed by atoms with Crippen molar-refractivity contribution in [3.05, 3.63) is 40.8 Å². The molecule has 2 aromatic rings. The molecule has 27 heavy (non-hydrogen) atoms. The number of ether oxygens (including phenoxy) is 2. The van der Waals surface area contributed by atoms with E-state index in [0.717, 1.165) is 37.3 Å². The Labute approximate surface area is 162 Å². The lowest BCUT2D eigenvalue weighted by Gasteiger charge is -2.22. The molecule has 2 N–H and O–H groups in total. The van der Waals surface area contributed by atoms with Gasteiger partial charge in [0, 0.05) is 24.8 Å². The number of fused-ring (bicyclic) bond motifs is 1. The summed E-state index contributed by atoms with van der Waals surface area (Å²) in [6, 6.07) is 10.2. The van der Waals surface area contributed by atoms with E-state index in [4.69, 9.17) is 14.7 Å². The van der Waals surface area contributed by atoms with Crippen molar-refractivity contribution in [2.24, 2.45) is 0 Å². The average molecular weight is 384 g/mol. The molecule has 3 heterocycles. The topological polar surface area (TPSA) is 75.8 Å². The maximum Gasteiger partial charge on any atom is 0.280 e. The summed E-state index contributed by atoms with van der Waals surface area (Å²) in [7, 11) is 0. The molecule has 0 bridgehead atoms. The molecule has 0 aliphatic carbocycles. The number of hydrogen-bond acceptors (Lipinski definition) is 5. The van der Waals surface area contributed by atoms with Crippen LogP contribution in [0.5, 0.6) is 11.5 Å². The first-order chi connectivity index (χ1) is 13.2. The van der Waals surface area contributed by atoms with Crippen molar-refractivity contribution in [2.75, 3.05) is 31.6 Å². The monoisotopic (exact) mass is 384 g/mol. The Morgan fingerprint density at radius 3 is 2.96 bits per heavy atom. The van der Waals surface area contributed by atoms with Gasteiger partial charge in [-0.3, -0.25) is 4.79 Å². The van der Waals surface area contributed by atoms with Crippen molar-refractivity contribution < 1.29 is 19.2 Å². The quantitative estimate of drug-likeness (QED) is 0.847. The third-order valence-electron chi connectivity index (χ3n) is 5.08. The predicted molar refractivity (Wildman–Crippen MR) is 102 cm³/mol. The van der Waals surface area contributed by atoms with E-state index < -0.39 is 0 Å². The Morgan fingerprint density at radius 2 is 2.11 bits per heavy atom. The summed E-state index contributed by atoms with van der Waals surface area (Å²) in [4.78, 5) is 13.8. The van der Waals surface area contributed by atoms with E-state index in [1.54, 1.807) is 6.07 Å². The van der Waals surface area contributed by atoms with Crippen LogP contribution >= 0.6 is 11.3 Å². The van der Waals surface area contributed by atoms with Crippen molar-refractivity contribution in [1.29, 1.82) is 5.26 Å². The van der Waals surface area contributed by atoms with Gasteiger partial charge in [0.05, 0.1) is 25.3 Å². The molecular formula is C20H22N3O3S+. The Hall–Kier alpha value is -2.56. The van der Waals surface area contributed by atoms with Crippen LogP contribution < -0.4 is 19.7 Å². The number of benzene rings is 1. The lowest BCUT2D eigenvalue weighted by molar-refractivity contribution is -0.910. The molecule has 4 rings (SSSR count). The highest BCUT2D eigenvalue weighted by molar-refractivity contribution is 7.14. The van der Waals surface area contributed by atoms with Crippen LogP contribution in [0.25, 0.3) is 0 Å². The number of rotatable bonds is 4. The number of carbonyl (C=O) groups excluding carboxylic acids is 1. The number of amides is 1. The first-order valence-electron chi connectivity index (χ1n) is 9.26. The molecule has 0 spiro atoms. The molecule has 6 nitrogen and oxygen atoms in total. The number of carbonyl (C=O) groups is 1. The van der Waals surface area contributed by atoms with Gasteiger partial charge in [0.2, 0.25) is 0 Å². The van der Waals surface area contributed by atoms with Crippen LogP contribution in [-0.4, -0.2) is 32.2 Å². The van der Waals surface area contributed by atoms with Gasteiger partial charge in [-0.15, -0.1) is 11.3 Å². The number of nitriles is 1. The van der Waals surface area contributed by atoms with Crippen LogP contribution in [0.1, 0.15) is 36.4 Å². The molecule has 0 saturated carbocycles. The summed E-state index contributed by atoms with van der Waals surface area (Å²) in [5.74, 6) is 1.55. The lowest BCUT2D eigenvalue weighted by Crippen LogP contribution is -3.11. The van der Waals surface area contributed by atoms with Crippen LogP contribution in [-0.2, 0) is 4.79 Å². The van der Waals surface area contributed by atoms with Gasteiger partial charge < -0.3 is 19.7 Å². The lowest BCUT2D eigenvalue weighted by atomic mass is 10.0. The van der Waals surface area contributed by atoms with Gasteiger partial charge in [0.25, 0.3) is 5.91 Å². The van der Waals surface area contributed by atoms with E-state index in [1.807, 2.05) is 11.4 Å². The number of hydrogen-bond donors (Lipinski definition) is 2. The van der Waals surface area contributed by atoms with Crippen LogP contribution in [0, 0.1) is 11.3 Å². The highest BCUT2D eigenvalue weighted by Gasteiger charge is 2.32. The zero-order chi connectivity index (χ0) is 18.6. The van der Waals surface area contributed by atoms with Crippen molar-refractivity contribution in [3.63, 3.8) is 0 Å². The van der Waals surface area contributed by atoms with Gasteiger partial charge in [-0.05, 0) is 29.6 Å². The molecule has 2 aliphatic rings. The average Bonchev–Trinajstić information content (AvgIpc) is 3.24. The molecular weight excluding hydrogens is 362 g/mol. The van der Waals surface area contributed by atoms with E-state index in [1.165, 1.54) is 21.8 Å². The normalized spacial score (nSPS) is 21.3. The van der Waals surface area contributed by atoms with Crippen LogP contribution in [0.2, 0.25) is 0 Å². The minimum atomic E-state index is -0.0507. The Morgan fingerprint density at radius 1 is 1.26 bits per heavy atom. The SMILES string of the molecule is N#Cc1ccsc1NC(=O)C[NH+]1CCC[C@@H]1c1ccc2c(c1)OCCCO2. The summed E-state index contributed by atoms with van der Waals surface area (Å²) < 4.78 is 11.5. The summed E-state index contributed by atoms with van der Waals surface area (Å²) in [6.07, 6.45) is 3.02. The Bertz CT molecular complexity index is 874. The minimum Gasteiger partial charge on any atom is -0.490 e. The minimum absolute atomic E-state index is 0.0507. The van der Waals surface area contributed by atoms with Crippen molar-refractivity contribution in [1.82, 2.24) is 0 Å². The smallest absolute Gasteiger partial charge is 0.280 e. The second kappa shape index (κ2) is 7.99. The molecule has 7 heteroatoms. The number of anilines is 1. The number of likely N-dealkylation sites (tertiary alicyclic amines) is 1. The van der Waals surface area contributed by atoms with Crippen LogP contribution in [0.15, 0.2) is 29.6 Å². The third kappa shape index (κ3) is 3.92. The summed E-state index contributed by atoms with van der Waals surface area (Å²) in [6.45, 7) is 2.70. The Balaban J connectivity index is 1.45. The molecule has 1 amide bonds. The highest BCUT2D eigenvalue weighted by atomic mass is 32.1. The fourth-order valence-corrected chi connectivity index (χ4v) is 4.55.